The summed E-state index contributed by atoms with van der Waals surface area (Å²) < 4.78 is 23.0. The molecule has 0 spiro atoms. The molecule has 0 bridgehead atoms. The molecule has 1 heterocycles. The average Bonchev–Trinajstić information content (AvgIpc) is 2.86. The van der Waals surface area contributed by atoms with Crippen LogP contribution in [0.4, 0.5) is 0 Å². The largest absolute Gasteiger partial charge is 0.494 e. The molecule has 1 unspecified atom stereocenters. The molecule has 3 aromatic rings. The number of benzene rings is 2. The first-order valence-corrected chi connectivity index (χ1v) is 10.9. The molecule has 2 aromatic carbocycles. The zero-order valence-electron chi connectivity index (χ0n) is 19.7. The number of amides is 1. The lowest BCUT2D eigenvalue weighted by molar-refractivity contribution is -0.127. The van der Waals surface area contributed by atoms with Crippen LogP contribution in [0.3, 0.4) is 0 Å². The van der Waals surface area contributed by atoms with Crippen LogP contribution in [0.15, 0.2) is 59.4 Å². The third kappa shape index (κ3) is 6.28. The van der Waals surface area contributed by atoms with E-state index in [9.17, 15) is 9.59 Å². The van der Waals surface area contributed by atoms with Crippen LogP contribution in [0.2, 0.25) is 0 Å². The molecule has 0 aliphatic heterocycles. The van der Waals surface area contributed by atoms with Crippen LogP contribution < -0.4 is 29.8 Å². The van der Waals surface area contributed by atoms with Crippen LogP contribution in [0, 0.1) is 0 Å². The van der Waals surface area contributed by atoms with Crippen LogP contribution >= 0.6 is 0 Å². The molecule has 0 saturated heterocycles. The molecule has 9 heteroatoms. The summed E-state index contributed by atoms with van der Waals surface area (Å²) in [6.45, 7) is 4.58. The molecule has 0 saturated carbocycles. The van der Waals surface area contributed by atoms with Crippen LogP contribution in [0.25, 0.3) is 11.3 Å². The standard InChI is InChI=1S/C25H29N3O6/c1-5-33-19-7-9-20(10-8-19)34-17(2)25(30)26-14-15-28-24(29)13-11-21(27-28)18-6-12-22(31-3)23(16-18)32-4/h6-13,16-17H,5,14-15H2,1-4H3,(H,26,30). The van der Waals surface area contributed by atoms with Gasteiger partial charge in [-0.25, -0.2) is 4.68 Å². The minimum Gasteiger partial charge on any atom is -0.494 e. The van der Waals surface area contributed by atoms with Gasteiger partial charge in [-0.15, -0.1) is 0 Å². The first-order valence-electron chi connectivity index (χ1n) is 10.9. The Morgan fingerprint density at radius 3 is 2.38 bits per heavy atom. The van der Waals surface area contributed by atoms with Gasteiger partial charge in [0.15, 0.2) is 17.6 Å². The van der Waals surface area contributed by atoms with Crippen molar-refractivity contribution in [1.29, 1.82) is 0 Å². The normalized spacial score (nSPS) is 11.4. The summed E-state index contributed by atoms with van der Waals surface area (Å²) in [5, 5.41) is 7.20. The maximum Gasteiger partial charge on any atom is 0.266 e. The molecule has 34 heavy (non-hydrogen) atoms. The number of hydrogen-bond acceptors (Lipinski definition) is 7. The van der Waals surface area contributed by atoms with Crippen molar-refractivity contribution in [3.05, 3.63) is 65.0 Å². The Morgan fingerprint density at radius 2 is 1.71 bits per heavy atom. The lowest BCUT2D eigenvalue weighted by Crippen LogP contribution is -2.39. The van der Waals surface area contributed by atoms with E-state index in [1.807, 2.05) is 13.0 Å². The minimum absolute atomic E-state index is 0.210. The Balaban J connectivity index is 1.59. The second-order valence-electron chi connectivity index (χ2n) is 7.31. The molecule has 0 aliphatic carbocycles. The molecule has 180 valence electrons. The second-order valence-corrected chi connectivity index (χ2v) is 7.31. The van der Waals surface area contributed by atoms with Crippen LogP contribution in [-0.4, -0.2) is 49.2 Å². The fourth-order valence-corrected chi connectivity index (χ4v) is 3.23. The van der Waals surface area contributed by atoms with Crippen molar-refractivity contribution < 1.29 is 23.7 Å². The van der Waals surface area contributed by atoms with E-state index in [1.165, 1.54) is 10.7 Å². The number of methoxy groups -OCH3 is 2. The zero-order valence-corrected chi connectivity index (χ0v) is 19.7. The van der Waals surface area contributed by atoms with Gasteiger partial charge in [0.2, 0.25) is 0 Å². The molecule has 0 aliphatic rings. The van der Waals surface area contributed by atoms with Gasteiger partial charge in [-0.05, 0) is 62.4 Å². The van der Waals surface area contributed by atoms with E-state index < -0.39 is 6.10 Å². The summed E-state index contributed by atoms with van der Waals surface area (Å²) >= 11 is 0. The van der Waals surface area contributed by atoms with E-state index in [-0.39, 0.29) is 24.6 Å². The number of rotatable bonds is 11. The van der Waals surface area contributed by atoms with Gasteiger partial charge in [-0.3, -0.25) is 9.59 Å². The lowest BCUT2D eigenvalue weighted by Gasteiger charge is -2.15. The summed E-state index contributed by atoms with van der Waals surface area (Å²) in [6.07, 6.45) is -0.708. The van der Waals surface area contributed by atoms with Gasteiger partial charge in [0, 0.05) is 18.2 Å². The van der Waals surface area contributed by atoms with Gasteiger partial charge >= 0.3 is 0 Å². The van der Waals surface area contributed by atoms with Crippen LogP contribution in [0.1, 0.15) is 13.8 Å². The van der Waals surface area contributed by atoms with Gasteiger partial charge in [-0.2, -0.15) is 5.10 Å². The number of carbonyl (C=O) groups excluding carboxylic acids is 1. The van der Waals surface area contributed by atoms with Gasteiger partial charge in [0.05, 0.1) is 33.1 Å². The first-order chi connectivity index (χ1) is 16.4. The topological polar surface area (TPSA) is 101 Å². The van der Waals surface area contributed by atoms with Crippen molar-refractivity contribution in [3.8, 4) is 34.3 Å². The molecular weight excluding hydrogens is 438 g/mol. The van der Waals surface area contributed by atoms with E-state index >= 15 is 0 Å². The zero-order chi connectivity index (χ0) is 24.5. The predicted molar refractivity (Wildman–Crippen MR) is 128 cm³/mol. The van der Waals surface area contributed by atoms with Crippen molar-refractivity contribution in [2.45, 2.75) is 26.5 Å². The Bertz CT molecular complexity index is 1160. The van der Waals surface area contributed by atoms with Crippen LogP contribution in [-0.2, 0) is 11.3 Å². The first kappa shape index (κ1) is 24.6. The van der Waals surface area contributed by atoms with E-state index in [1.54, 1.807) is 63.6 Å². The molecule has 1 N–H and O–H groups in total. The Labute approximate surface area is 198 Å². The van der Waals surface area contributed by atoms with Gasteiger partial charge < -0.3 is 24.3 Å². The number of hydrogen-bond donors (Lipinski definition) is 1. The highest BCUT2D eigenvalue weighted by Crippen LogP contribution is 2.31. The average molecular weight is 468 g/mol. The molecule has 9 nitrogen and oxygen atoms in total. The molecule has 1 amide bonds. The number of nitrogens with zero attached hydrogens (tertiary/aromatic N) is 2. The summed E-state index contributed by atoms with van der Waals surface area (Å²) in [7, 11) is 3.12. The maximum absolute atomic E-state index is 12.4. The quantitative estimate of drug-likeness (QED) is 0.463. The van der Waals surface area contributed by atoms with Gasteiger partial charge in [-0.1, -0.05) is 0 Å². The minimum atomic E-state index is -0.708. The fraction of sp³-hybridized carbons (Fsp3) is 0.320. The van der Waals surface area contributed by atoms with E-state index in [0.29, 0.717) is 29.5 Å². The highest BCUT2D eigenvalue weighted by Gasteiger charge is 2.15. The van der Waals surface area contributed by atoms with Crippen LogP contribution in [0.5, 0.6) is 23.0 Å². The third-order valence-corrected chi connectivity index (χ3v) is 4.99. The number of ether oxygens (including phenoxy) is 4. The molecule has 3 rings (SSSR count). The number of aromatic nitrogens is 2. The number of carbonyl (C=O) groups is 1. The van der Waals surface area contributed by atoms with Crippen molar-refractivity contribution in [3.63, 3.8) is 0 Å². The van der Waals surface area contributed by atoms with Gasteiger partial charge in [0.1, 0.15) is 11.5 Å². The molecule has 1 atom stereocenters. The summed E-state index contributed by atoms with van der Waals surface area (Å²) in [6, 6.07) is 15.6. The van der Waals surface area contributed by atoms with Crippen molar-refractivity contribution in [2.24, 2.45) is 0 Å². The van der Waals surface area contributed by atoms with E-state index in [4.69, 9.17) is 18.9 Å². The molecular formula is C25H29N3O6. The highest BCUT2D eigenvalue weighted by atomic mass is 16.5. The summed E-state index contributed by atoms with van der Waals surface area (Å²) in [5.41, 5.74) is 1.10. The Hall–Kier alpha value is -4.01. The van der Waals surface area contributed by atoms with Crippen molar-refractivity contribution >= 4 is 5.91 Å². The lowest BCUT2D eigenvalue weighted by atomic mass is 10.1. The molecule has 1 aromatic heterocycles. The van der Waals surface area contributed by atoms with E-state index in [0.717, 1.165) is 11.3 Å². The highest BCUT2D eigenvalue weighted by molar-refractivity contribution is 5.80. The Kier molecular flexibility index (Phi) is 8.50. The monoisotopic (exact) mass is 467 g/mol. The predicted octanol–water partition coefficient (Wildman–Crippen LogP) is 2.91. The third-order valence-electron chi connectivity index (χ3n) is 4.99. The summed E-state index contributed by atoms with van der Waals surface area (Å²) in [5.74, 6) is 2.17. The number of nitrogens with one attached hydrogen (secondary N) is 1. The summed E-state index contributed by atoms with van der Waals surface area (Å²) in [4.78, 5) is 24.7. The van der Waals surface area contributed by atoms with Crippen molar-refractivity contribution in [2.75, 3.05) is 27.4 Å². The van der Waals surface area contributed by atoms with Crippen molar-refractivity contribution in [1.82, 2.24) is 15.1 Å². The Morgan fingerprint density at radius 1 is 1.00 bits per heavy atom. The maximum atomic E-state index is 12.4. The smallest absolute Gasteiger partial charge is 0.266 e. The van der Waals surface area contributed by atoms with E-state index in [2.05, 4.69) is 10.4 Å². The fourth-order valence-electron chi connectivity index (χ4n) is 3.23. The SMILES string of the molecule is CCOc1ccc(OC(C)C(=O)NCCn2nc(-c3ccc(OC)c(OC)c3)ccc2=O)cc1. The van der Waals surface area contributed by atoms with Gasteiger partial charge in [0.25, 0.3) is 11.5 Å². The molecule has 0 fully saturated rings. The second kappa shape index (κ2) is 11.7. The molecule has 0 radical (unpaired) electrons.